The van der Waals surface area contributed by atoms with Gasteiger partial charge in [-0.05, 0) is 44.9 Å². The van der Waals surface area contributed by atoms with Crippen LogP contribution < -0.4 is 9.47 Å². The van der Waals surface area contributed by atoms with Crippen LogP contribution in [-0.4, -0.2) is 29.3 Å². The monoisotopic (exact) mass is 314 g/mol. The van der Waals surface area contributed by atoms with Crippen LogP contribution in [-0.2, 0) is 0 Å². The molecular formula is C17H18N2O4. The van der Waals surface area contributed by atoms with Gasteiger partial charge in [0.25, 0.3) is 5.91 Å². The number of carbonyl (C=O) groups is 1. The van der Waals surface area contributed by atoms with E-state index in [1.165, 1.54) is 0 Å². The van der Waals surface area contributed by atoms with E-state index in [-0.39, 0.29) is 18.7 Å². The summed E-state index contributed by atoms with van der Waals surface area (Å²) in [4.78, 5) is 14.9. The van der Waals surface area contributed by atoms with E-state index in [0.29, 0.717) is 17.1 Å². The number of hydrogen-bond donors (Lipinski definition) is 0. The number of aromatic nitrogens is 1. The van der Waals surface area contributed by atoms with Crippen molar-refractivity contribution in [2.24, 2.45) is 0 Å². The second kappa shape index (κ2) is 5.30. The fourth-order valence-corrected chi connectivity index (χ4v) is 3.47. The first-order chi connectivity index (χ1) is 11.1. The third-order valence-electron chi connectivity index (χ3n) is 4.55. The Morgan fingerprint density at radius 3 is 2.87 bits per heavy atom. The molecule has 2 aromatic rings. The lowest BCUT2D eigenvalue weighted by Gasteiger charge is -2.25. The van der Waals surface area contributed by atoms with Crippen molar-refractivity contribution in [2.45, 2.75) is 32.7 Å². The summed E-state index contributed by atoms with van der Waals surface area (Å²) < 4.78 is 16.0. The van der Waals surface area contributed by atoms with E-state index in [1.54, 1.807) is 18.2 Å². The Kier molecular flexibility index (Phi) is 3.25. The highest BCUT2D eigenvalue weighted by Crippen LogP contribution is 2.38. The predicted octanol–water partition coefficient (Wildman–Crippen LogP) is 3.00. The van der Waals surface area contributed by atoms with Gasteiger partial charge >= 0.3 is 0 Å². The standard InChI is InChI=1S/C17H18N2O4/c1-10-16(11(2)23-18-10)13-4-3-7-19(13)17(20)12-5-6-14-15(8-12)22-9-21-14/h5-6,8,13H,3-4,7,9H2,1-2H3/t13-/m1/s1. The number of ether oxygens (including phenoxy) is 2. The molecule has 4 rings (SSSR count). The zero-order valence-corrected chi connectivity index (χ0v) is 13.2. The number of fused-ring (bicyclic) bond motifs is 1. The molecule has 0 unspecified atom stereocenters. The van der Waals surface area contributed by atoms with Gasteiger partial charge in [-0.15, -0.1) is 0 Å². The summed E-state index contributed by atoms with van der Waals surface area (Å²) in [6.07, 6.45) is 1.91. The average molecular weight is 314 g/mol. The maximum atomic E-state index is 13.0. The largest absolute Gasteiger partial charge is 0.454 e. The molecule has 1 saturated heterocycles. The van der Waals surface area contributed by atoms with Crippen LogP contribution in [0.4, 0.5) is 0 Å². The van der Waals surface area contributed by atoms with Gasteiger partial charge in [0.2, 0.25) is 6.79 Å². The van der Waals surface area contributed by atoms with E-state index >= 15 is 0 Å². The van der Waals surface area contributed by atoms with Crippen molar-refractivity contribution >= 4 is 5.91 Å². The highest BCUT2D eigenvalue weighted by molar-refractivity contribution is 5.95. The summed E-state index contributed by atoms with van der Waals surface area (Å²) in [5.74, 6) is 2.11. The second-order valence-electron chi connectivity index (χ2n) is 5.96. The second-order valence-corrected chi connectivity index (χ2v) is 5.96. The van der Waals surface area contributed by atoms with Crippen LogP contribution >= 0.6 is 0 Å². The van der Waals surface area contributed by atoms with E-state index in [4.69, 9.17) is 14.0 Å². The van der Waals surface area contributed by atoms with Crippen molar-refractivity contribution < 1.29 is 18.8 Å². The minimum Gasteiger partial charge on any atom is -0.454 e. The fourth-order valence-electron chi connectivity index (χ4n) is 3.47. The maximum Gasteiger partial charge on any atom is 0.254 e. The molecule has 1 amide bonds. The molecule has 0 N–H and O–H groups in total. The number of hydrogen-bond acceptors (Lipinski definition) is 5. The number of benzene rings is 1. The average Bonchev–Trinajstić information content (AvgIpc) is 3.26. The molecule has 0 bridgehead atoms. The van der Waals surface area contributed by atoms with E-state index in [9.17, 15) is 4.79 Å². The Hall–Kier alpha value is -2.50. The molecule has 0 spiro atoms. The smallest absolute Gasteiger partial charge is 0.254 e. The predicted molar refractivity (Wildman–Crippen MR) is 81.6 cm³/mol. The Morgan fingerprint density at radius 2 is 2.09 bits per heavy atom. The van der Waals surface area contributed by atoms with Gasteiger partial charge in [-0.1, -0.05) is 5.16 Å². The van der Waals surface area contributed by atoms with Crippen LogP contribution in [0, 0.1) is 13.8 Å². The molecular weight excluding hydrogens is 296 g/mol. The van der Waals surface area contributed by atoms with Crippen LogP contribution in [0.15, 0.2) is 22.7 Å². The highest BCUT2D eigenvalue weighted by atomic mass is 16.7. The van der Waals surface area contributed by atoms with Crippen molar-refractivity contribution in [2.75, 3.05) is 13.3 Å². The first-order valence-electron chi connectivity index (χ1n) is 7.78. The highest BCUT2D eigenvalue weighted by Gasteiger charge is 2.34. The van der Waals surface area contributed by atoms with Crippen LogP contribution in [0.1, 0.15) is 46.3 Å². The molecule has 23 heavy (non-hydrogen) atoms. The van der Waals surface area contributed by atoms with Gasteiger partial charge in [0.15, 0.2) is 11.5 Å². The number of carbonyl (C=O) groups excluding carboxylic acids is 1. The zero-order valence-electron chi connectivity index (χ0n) is 13.2. The summed E-state index contributed by atoms with van der Waals surface area (Å²) in [7, 11) is 0. The Morgan fingerprint density at radius 1 is 1.26 bits per heavy atom. The van der Waals surface area contributed by atoms with Crippen LogP contribution in [0.3, 0.4) is 0 Å². The lowest BCUT2D eigenvalue weighted by atomic mass is 10.0. The van der Waals surface area contributed by atoms with Gasteiger partial charge < -0.3 is 18.9 Å². The van der Waals surface area contributed by atoms with Crippen molar-refractivity contribution in [1.82, 2.24) is 10.1 Å². The number of rotatable bonds is 2. The third kappa shape index (κ3) is 2.25. The molecule has 0 radical (unpaired) electrons. The first-order valence-corrected chi connectivity index (χ1v) is 7.78. The van der Waals surface area contributed by atoms with Gasteiger partial charge in [-0.3, -0.25) is 4.79 Å². The summed E-state index contributed by atoms with van der Waals surface area (Å²) >= 11 is 0. The summed E-state index contributed by atoms with van der Waals surface area (Å²) in [6, 6.07) is 5.36. The number of likely N-dealkylation sites (tertiary alicyclic amines) is 1. The molecule has 2 aliphatic heterocycles. The number of amides is 1. The lowest BCUT2D eigenvalue weighted by molar-refractivity contribution is 0.0734. The van der Waals surface area contributed by atoms with Gasteiger partial charge in [0, 0.05) is 17.7 Å². The van der Waals surface area contributed by atoms with Crippen LogP contribution in [0.2, 0.25) is 0 Å². The number of aryl methyl sites for hydroxylation is 2. The van der Waals surface area contributed by atoms with Crippen molar-refractivity contribution in [3.05, 3.63) is 40.8 Å². The Labute approximate surface area is 134 Å². The van der Waals surface area contributed by atoms with E-state index < -0.39 is 0 Å². The van der Waals surface area contributed by atoms with Crippen molar-refractivity contribution in [3.63, 3.8) is 0 Å². The molecule has 1 aromatic carbocycles. The maximum absolute atomic E-state index is 13.0. The lowest BCUT2D eigenvalue weighted by Crippen LogP contribution is -2.31. The summed E-state index contributed by atoms with van der Waals surface area (Å²) in [5.41, 5.74) is 2.52. The molecule has 6 heteroatoms. The van der Waals surface area contributed by atoms with Crippen molar-refractivity contribution in [1.29, 1.82) is 0 Å². The van der Waals surface area contributed by atoms with Gasteiger partial charge in [-0.2, -0.15) is 0 Å². The Balaban J connectivity index is 1.65. The van der Waals surface area contributed by atoms with Crippen molar-refractivity contribution in [3.8, 4) is 11.5 Å². The minimum atomic E-state index is 0.00537. The molecule has 6 nitrogen and oxygen atoms in total. The molecule has 2 aliphatic rings. The molecule has 0 saturated carbocycles. The number of nitrogens with zero attached hydrogens (tertiary/aromatic N) is 2. The molecule has 1 aromatic heterocycles. The van der Waals surface area contributed by atoms with E-state index in [0.717, 1.165) is 36.4 Å². The van der Waals surface area contributed by atoms with E-state index in [1.807, 2.05) is 18.7 Å². The third-order valence-corrected chi connectivity index (χ3v) is 4.55. The molecule has 3 heterocycles. The minimum absolute atomic E-state index is 0.00537. The normalized spacial score (nSPS) is 19.4. The zero-order chi connectivity index (χ0) is 16.0. The Bertz CT molecular complexity index is 748. The van der Waals surface area contributed by atoms with Gasteiger partial charge in [-0.25, -0.2) is 0 Å². The quantitative estimate of drug-likeness (QED) is 0.852. The van der Waals surface area contributed by atoms with Crippen LogP contribution in [0.5, 0.6) is 11.5 Å². The summed E-state index contributed by atoms with van der Waals surface area (Å²) in [5, 5.41) is 4.03. The summed E-state index contributed by atoms with van der Waals surface area (Å²) in [6.45, 7) is 4.77. The first kappa shape index (κ1) is 14.1. The SMILES string of the molecule is Cc1noc(C)c1[C@H]1CCCN1C(=O)c1ccc2c(c1)OCO2. The van der Waals surface area contributed by atoms with Gasteiger partial charge in [0.05, 0.1) is 11.7 Å². The van der Waals surface area contributed by atoms with Crippen LogP contribution in [0.25, 0.3) is 0 Å². The molecule has 120 valence electrons. The molecule has 1 atom stereocenters. The molecule has 0 aliphatic carbocycles. The molecule has 1 fully saturated rings. The van der Waals surface area contributed by atoms with Gasteiger partial charge in [0.1, 0.15) is 5.76 Å². The topological polar surface area (TPSA) is 64.8 Å². The van der Waals surface area contributed by atoms with E-state index in [2.05, 4.69) is 5.16 Å². The fraction of sp³-hybridized carbons (Fsp3) is 0.412.